The van der Waals surface area contributed by atoms with Crippen LogP contribution in [0.2, 0.25) is 0 Å². The van der Waals surface area contributed by atoms with Crippen molar-refractivity contribution in [1.82, 2.24) is 0 Å². The van der Waals surface area contributed by atoms with Gasteiger partial charge in [0.25, 0.3) is 0 Å². The predicted octanol–water partition coefficient (Wildman–Crippen LogP) is 4.13. The largest absolute Gasteiger partial charge is 0.378 e. The molecule has 0 bridgehead atoms. The molecule has 0 N–H and O–H groups in total. The van der Waals surface area contributed by atoms with E-state index in [1.54, 1.807) is 0 Å². The Hall–Kier alpha value is -2.09. The minimum Gasteiger partial charge on any atom is -0.378 e. The lowest BCUT2D eigenvalue weighted by molar-refractivity contribution is 0.0957. The lowest BCUT2D eigenvalue weighted by Crippen LogP contribution is -2.14. The van der Waals surface area contributed by atoms with Crippen molar-refractivity contribution in [3.8, 4) is 0 Å². The molecule has 0 aliphatic carbocycles. The normalized spacial score (nSPS) is 11.9. The van der Waals surface area contributed by atoms with Gasteiger partial charge in [-0.25, -0.2) is 0 Å². The van der Waals surface area contributed by atoms with Crippen molar-refractivity contribution in [3.05, 3.63) is 65.7 Å². The van der Waals surface area contributed by atoms with Crippen molar-refractivity contribution >= 4 is 11.5 Å². The minimum absolute atomic E-state index is 0.0615. The molecule has 2 nitrogen and oxygen atoms in total. The molecule has 0 saturated carbocycles. The molecule has 2 heteroatoms. The third-order valence-electron chi connectivity index (χ3n) is 3.57. The van der Waals surface area contributed by atoms with Crippen LogP contribution in [-0.4, -0.2) is 19.9 Å². The van der Waals surface area contributed by atoms with E-state index in [-0.39, 0.29) is 11.7 Å². The van der Waals surface area contributed by atoms with Crippen LogP contribution in [0.15, 0.2) is 54.6 Å². The molecule has 2 rings (SSSR count). The molecule has 2 aromatic carbocycles. The Morgan fingerprint density at radius 3 is 2.35 bits per heavy atom. The first-order valence-electron chi connectivity index (χ1n) is 7.00. The molecule has 1 unspecified atom stereocenters. The molecular formula is C18H21NO. The number of carbonyl (C=O) groups is 1. The van der Waals surface area contributed by atoms with Gasteiger partial charge in [-0.3, -0.25) is 4.79 Å². The smallest absolute Gasteiger partial charge is 0.170 e. The van der Waals surface area contributed by atoms with E-state index in [2.05, 4.69) is 6.92 Å². The summed E-state index contributed by atoms with van der Waals surface area (Å²) in [6.45, 7) is 2.06. The fourth-order valence-corrected chi connectivity index (χ4v) is 2.40. The molecule has 20 heavy (non-hydrogen) atoms. The summed E-state index contributed by atoms with van der Waals surface area (Å²) in [5.74, 6) is 0.135. The first kappa shape index (κ1) is 14.3. The van der Waals surface area contributed by atoms with E-state index in [4.69, 9.17) is 0 Å². The summed E-state index contributed by atoms with van der Waals surface area (Å²) in [6.07, 6.45) is 0.815. The Kier molecular flexibility index (Phi) is 4.57. The fourth-order valence-electron chi connectivity index (χ4n) is 2.40. The third-order valence-corrected chi connectivity index (χ3v) is 3.57. The van der Waals surface area contributed by atoms with Gasteiger partial charge in [0.2, 0.25) is 0 Å². The lowest BCUT2D eigenvalue weighted by atomic mass is 9.88. The van der Waals surface area contributed by atoms with Crippen molar-refractivity contribution in [2.45, 2.75) is 19.3 Å². The Labute approximate surface area is 121 Å². The summed E-state index contributed by atoms with van der Waals surface area (Å²) in [4.78, 5) is 14.7. The quantitative estimate of drug-likeness (QED) is 0.759. The molecule has 0 amide bonds. The maximum Gasteiger partial charge on any atom is 0.170 e. The minimum atomic E-state index is -0.0615. The second-order valence-electron chi connectivity index (χ2n) is 5.18. The number of hydrogen-bond donors (Lipinski definition) is 0. The van der Waals surface area contributed by atoms with Crippen LogP contribution in [0.4, 0.5) is 5.69 Å². The zero-order chi connectivity index (χ0) is 14.5. The van der Waals surface area contributed by atoms with Crippen molar-refractivity contribution in [2.24, 2.45) is 0 Å². The van der Waals surface area contributed by atoms with Crippen molar-refractivity contribution in [2.75, 3.05) is 19.0 Å². The van der Waals surface area contributed by atoms with Crippen molar-refractivity contribution < 1.29 is 4.79 Å². The van der Waals surface area contributed by atoms with E-state index >= 15 is 0 Å². The van der Waals surface area contributed by atoms with Crippen molar-refractivity contribution in [3.63, 3.8) is 0 Å². The molecule has 0 aliphatic rings. The maximum absolute atomic E-state index is 12.7. The summed E-state index contributed by atoms with van der Waals surface area (Å²) < 4.78 is 0. The van der Waals surface area contributed by atoms with Crippen LogP contribution in [0.25, 0.3) is 0 Å². The highest BCUT2D eigenvalue weighted by Crippen LogP contribution is 2.25. The summed E-state index contributed by atoms with van der Waals surface area (Å²) in [6, 6.07) is 17.8. The summed E-state index contributed by atoms with van der Waals surface area (Å²) >= 11 is 0. The zero-order valence-electron chi connectivity index (χ0n) is 12.3. The molecule has 0 heterocycles. The second kappa shape index (κ2) is 6.38. The molecule has 0 aliphatic heterocycles. The Bertz CT molecular complexity index is 575. The number of ketones is 1. The first-order chi connectivity index (χ1) is 9.63. The first-order valence-corrected chi connectivity index (χ1v) is 7.00. The molecule has 0 radical (unpaired) electrons. The van der Waals surface area contributed by atoms with Crippen LogP contribution in [0.5, 0.6) is 0 Å². The fraction of sp³-hybridized carbons (Fsp3) is 0.278. The van der Waals surface area contributed by atoms with Crippen LogP contribution in [0.3, 0.4) is 0 Å². The number of benzene rings is 2. The van der Waals surface area contributed by atoms with Gasteiger partial charge >= 0.3 is 0 Å². The van der Waals surface area contributed by atoms with Crippen LogP contribution in [0, 0.1) is 0 Å². The molecule has 0 aromatic heterocycles. The molecule has 0 fully saturated rings. The molecule has 0 spiro atoms. The Balaban J connectivity index is 2.32. The SMILES string of the molecule is CCC(C(=O)c1cccc(N(C)C)c1)c1ccccc1. The van der Waals surface area contributed by atoms with Gasteiger partial charge in [0.05, 0.1) is 0 Å². The van der Waals surface area contributed by atoms with E-state index in [1.807, 2.05) is 73.6 Å². The van der Waals surface area contributed by atoms with Gasteiger partial charge in [-0.2, -0.15) is 0 Å². The van der Waals surface area contributed by atoms with Gasteiger partial charge in [-0.1, -0.05) is 49.4 Å². The topological polar surface area (TPSA) is 20.3 Å². The van der Waals surface area contributed by atoms with Gasteiger partial charge in [-0.15, -0.1) is 0 Å². The molecule has 2 aromatic rings. The highest BCUT2D eigenvalue weighted by atomic mass is 16.1. The summed E-state index contributed by atoms with van der Waals surface area (Å²) in [7, 11) is 3.97. The highest BCUT2D eigenvalue weighted by molar-refractivity contribution is 6.01. The number of carbonyl (C=O) groups excluding carboxylic acids is 1. The zero-order valence-corrected chi connectivity index (χ0v) is 12.3. The van der Waals surface area contributed by atoms with Gasteiger partial charge in [0.15, 0.2) is 5.78 Å². The van der Waals surface area contributed by atoms with Gasteiger partial charge < -0.3 is 4.90 Å². The highest BCUT2D eigenvalue weighted by Gasteiger charge is 2.20. The molecule has 104 valence electrons. The van der Waals surface area contributed by atoms with Crippen LogP contribution in [-0.2, 0) is 0 Å². The van der Waals surface area contributed by atoms with E-state index in [9.17, 15) is 4.79 Å². The van der Waals surface area contributed by atoms with E-state index in [0.717, 1.165) is 23.2 Å². The van der Waals surface area contributed by atoms with Gasteiger partial charge in [0, 0.05) is 31.3 Å². The number of hydrogen-bond acceptors (Lipinski definition) is 2. The van der Waals surface area contributed by atoms with Crippen LogP contribution < -0.4 is 4.90 Å². The average molecular weight is 267 g/mol. The lowest BCUT2D eigenvalue weighted by Gasteiger charge is -2.17. The average Bonchev–Trinajstić information content (AvgIpc) is 2.49. The number of Topliss-reactive ketones (excluding diaryl/α,β-unsaturated/α-hetero) is 1. The Morgan fingerprint density at radius 1 is 1.05 bits per heavy atom. The summed E-state index contributed by atoms with van der Waals surface area (Å²) in [5, 5.41) is 0. The number of nitrogens with zero attached hydrogens (tertiary/aromatic N) is 1. The van der Waals surface area contributed by atoms with Gasteiger partial charge in [-0.05, 0) is 24.1 Å². The monoisotopic (exact) mass is 267 g/mol. The number of rotatable bonds is 5. The Morgan fingerprint density at radius 2 is 1.75 bits per heavy atom. The number of anilines is 1. The second-order valence-corrected chi connectivity index (χ2v) is 5.18. The predicted molar refractivity (Wildman–Crippen MR) is 84.6 cm³/mol. The molecular weight excluding hydrogens is 246 g/mol. The summed E-state index contributed by atoms with van der Waals surface area (Å²) in [5.41, 5.74) is 2.93. The standard InChI is InChI=1S/C18H21NO/c1-4-17(14-9-6-5-7-10-14)18(20)15-11-8-12-16(13-15)19(2)3/h5-13,17H,4H2,1-3H3. The van der Waals surface area contributed by atoms with E-state index < -0.39 is 0 Å². The van der Waals surface area contributed by atoms with E-state index in [0.29, 0.717) is 0 Å². The third kappa shape index (κ3) is 3.08. The maximum atomic E-state index is 12.7. The molecule has 1 atom stereocenters. The van der Waals surface area contributed by atoms with Crippen molar-refractivity contribution in [1.29, 1.82) is 0 Å². The van der Waals surface area contributed by atoms with E-state index in [1.165, 1.54) is 0 Å². The van der Waals surface area contributed by atoms with Crippen LogP contribution in [0.1, 0.15) is 35.2 Å². The molecule has 0 saturated heterocycles. The van der Waals surface area contributed by atoms with Crippen LogP contribution >= 0.6 is 0 Å². The van der Waals surface area contributed by atoms with Gasteiger partial charge in [0.1, 0.15) is 0 Å².